The van der Waals surface area contributed by atoms with Gasteiger partial charge >= 0.3 is 35.8 Å². The maximum Gasteiger partial charge on any atom is 0.343 e. The average Bonchev–Trinajstić information content (AvgIpc) is 3.01. The Kier molecular flexibility index (Phi) is 12.0. The van der Waals surface area contributed by atoms with Crippen molar-refractivity contribution in [3.63, 3.8) is 0 Å². The number of halogens is 6. The number of carboxylic acids is 3. The zero-order chi connectivity index (χ0) is 35.6. The molecule has 0 atom stereocenters. The molecule has 0 spiro atoms. The summed E-state index contributed by atoms with van der Waals surface area (Å²) < 4.78 is 16.6. The Bertz CT molecular complexity index is 1830. The third-order valence-corrected chi connectivity index (χ3v) is 9.90. The quantitative estimate of drug-likeness (QED) is 0.107. The van der Waals surface area contributed by atoms with Gasteiger partial charge in [0.05, 0.1) is 30.1 Å². The average molecular weight is 1040 g/mol. The minimum atomic E-state index is -1.45. The summed E-state index contributed by atoms with van der Waals surface area (Å²) in [5.74, 6) is -9.27. The van der Waals surface area contributed by atoms with Gasteiger partial charge in [-0.3, -0.25) is 0 Å². The largest absolute Gasteiger partial charge is 0.478 e. The van der Waals surface area contributed by atoms with Gasteiger partial charge in [-0.25, -0.2) is 28.8 Å². The van der Waals surface area contributed by atoms with Crippen molar-refractivity contribution in [3.05, 3.63) is 115 Å². The molecular weight excluding hydrogens is 1030 g/mol. The summed E-state index contributed by atoms with van der Waals surface area (Å²) >= 11 is 18.7. The second kappa shape index (κ2) is 15.4. The zero-order valence-corrected chi connectivity index (χ0v) is 32.5. The number of ether oxygens (including phenoxy) is 3. The molecule has 0 aliphatic heterocycles. The van der Waals surface area contributed by atoms with Crippen molar-refractivity contribution in [1.29, 1.82) is 0 Å². The number of benzene rings is 4. The fourth-order valence-electron chi connectivity index (χ4n) is 3.93. The molecule has 4 aromatic carbocycles. The number of carbonyl (C=O) groups is 6. The molecule has 12 nitrogen and oxygen atoms in total. The van der Waals surface area contributed by atoms with Crippen LogP contribution in [0.3, 0.4) is 0 Å². The highest BCUT2D eigenvalue weighted by molar-refractivity contribution is 9.11. The van der Waals surface area contributed by atoms with Crippen LogP contribution in [0.25, 0.3) is 0 Å². The summed E-state index contributed by atoms with van der Waals surface area (Å²) in [4.78, 5) is 76.2. The number of hydrogen-bond donors (Lipinski definition) is 3. The van der Waals surface area contributed by atoms with Crippen molar-refractivity contribution in [1.82, 2.24) is 0 Å². The summed E-state index contributed by atoms with van der Waals surface area (Å²) in [6.45, 7) is 0. The van der Waals surface area contributed by atoms with Gasteiger partial charge in [0.2, 0.25) is 0 Å². The van der Waals surface area contributed by atoms with Gasteiger partial charge in [0.25, 0.3) is 0 Å². The van der Waals surface area contributed by atoms with Crippen molar-refractivity contribution >= 4 is 131 Å². The normalized spacial score (nSPS) is 10.6. The monoisotopic (exact) mass is 1040 g/mol. The van der Waals surface area contributed by atoms with E-state index in [-0.39, 0.29) is 26.8 Å². The molecule has 0 aliphatic carbocycles. The van der Waals surface area contributed by atoms with Gasteiger partial charge in [0.1, 0.15) is 16.7 Å². The first kappa shape index (κ1) is 37.4. The van der Waals surface area contributed by atoms with Crippen molar-refractivity contribution in [3.8, 4) is 17.2 Å². The molecule has 0 aromatic heterocycles. The number of aromatic carboxylic acids is 3. The number of carboxylic acid groups (broad SMARTS) is 3. The van der Waals surface area contributed by atoms with Crippen molar-refractivity contribution in [2.75, 3.05) is 0 Å². The van der Waals surface area contributed by atoms with Gasteiger partial charge in [-0.1, -0.05) is 0 Å². The van der Waals surface area contributed by atoms with Crippen LogP contribution >= 0.6 is 95.6 Å². The molecule has 0 saturated carbocycles. The Balaban J connectivity index is 1.85. The maximum absolute atomic E-state index is 13.5. The molecule has 0 fully saturated rings. The van der Waals surface area contributed by atoms with Crippen LogP contribution in [0.1, 0.15) is 62.1 Å². The topological polar surface area (TPSA) is 191 Å². The molecule has 0 radical (unpaired) electrons. The van der Waals surface area contributed by atoms with E-state index in [4.69, 9.17) is 14.2 Å². The van der Waals surface area contributed by atoms with Crippen LogP contribution in [0.15, 0.2) is 81.4 Å². The van der Waals surface area contributed by atoms with Gasteiger partial charge in [-0.15, -0.1) is 0 Å². The highest BCUT2D eigenvalue weighted by Crippen LogP contribution is 2.38. The van der Waals surface area contributed by atoms with Crippen LogP contribution < -0.4 is 14.2 Å². The van der Waals surface area contributed by atoms with Crippen molar-refractivity contribution in [2.45, 2.75) is 0 Å². The number of hydrogen-bond acceptors (Lipinski definition) is 9. The lowest BCUT2D eigenvalue weighted by atomic mass is 10.1. The predicted molar refractivity (Wildman–Crippen MR) is 188 cm³/mol. The Hall–Kier alpha value is -3.42. The predicted octanol–water partition coefficient (Wildman–Crippen LogP) is 9.01. The first-order valence-electron chi connectivity index (χ1n) is 12.5. The molecular formula is C30H12Br6O12. The fraction of sp³-hybridized carbons (Fsp3) is 0. The summed E-state index contributed by atoms with van der Waals surface area (Å²) in [5, 5.41) is 29.1. The van der Waals surface area contributed by atoms with Crippen molar-refractivity contribution in [2.24, 2.45) is 0 Å². The van der Waals surface area contributed by atoms with E-state index in [0.717, 1.165) is 18.2 Å². The lowest BCUT2D eigenvalue weighted by Crippen LogP contribution is -2.19. The molecule has 18 heteroatoms. The van der Waals surface area contributed by atoms with E-state index in [1.807, 2.05) is 0 Å². The second-order valence-corrected chi connectivity index (χ2v) is 14.2. The Morgan fingerprint density at radius 1 is 0.396 bits per heavy atom. The van der Waals surface area contributed by atoms with Crippen LogP contribution in [-0.2, 0) is 0 Å². The van der Waals surface area contributed by atoms with Gasteiger partial charge in [0.15, 0.2) is 17.2 Å². The maximum atomic E-state index is 13.5. The molecule has 0 saturated heterocycles. The van der Waals surface area contributed by atoms with E-state index in [9.17, 15) is 44.1 Å². The standard InChI is InChI=1S/C30H12Br6O12/c31-13-1-4-16(34)22(19(13)25(37)38)46-28(43)10-7-11(29(44)47-23-17(35)5-2-14(32)20(23)26(39)40)9-12(8-10)30(45)48-24-18(36)6-3-15(33)21(24)27(41)42/h1-9H,(H,37,38)(H,39,40)(H,41,42). The molecule has 0 amide bonds. The van der Waals surface area contributed by atoms with Crippen LogP contribution in [0, 0.1) is 0 Å². The van der Waals surface area contributed by atoms with Crippen LogP contribution in [0.2, 0.25) is 0 Å². The van der Waals surface area contributed by atoms with E-state index >= 15 is 0 Å². The van der Waals surface area contributed by atoms with E-state index < -0.39 is 86.4 Å². The molecule has 3 N–H and O–H groups in total. The molecule has 0 aliphatic rings. The Morgan fingerprint density at radius 2 is 0.604 bits per heavy atom. The minimum Gasteiger partial charge on any atom is -0.478 e. The molecule has 48 heavy (non-hydrogen) atoms. The SMILES string of the molecule is O=C(Oc1c(Br)ccc(Br)c1C(=O)O)c1cc(C(=O)Oc2c(Br)ccc(Br)c2C(=O)O)cc(C(=O)Oc2c(Br)ccc(Br)c2C(=O)O)c1. The van der Waals surface area contributed by atoms with Gasteiger partial charge < -0.3 is 29.5 Å². The fourth-order valence-corrected chi connectivity index (χ4v) is 6.61. The van der Waals surface area contributed by atoms with Crippen molar-refractivity contribution < 1.29 is 58.3 Å². The van der Waals surface area contributed by atoms with E-state index in [2.05, 4.69) is 95.6 Å². The highest BCUT2D eigenvalue weighted by atomic mass is 79.9. The van der Waals surface area contributed by atoms with Gasteiger partial charge in [-0.2, -0.15) is 0 Å². The van der Waals surface area contributed by atoms with E-state index in [0.29, 0.717) is 0 Å². The summed E-state index contributed by atoms with van der Waals surface area (Å²) in [7, 11) is 0. The number of rotatable bonds is 9. The zero-order valence-electron chi connectivity index (χ0n) is 23.0. The smallest absolute Gasteiger partial charge is 0.343 e. The molecule has 4 aromatic rings. The Labute approximate surface area is 319 Å². The molecule has 4 rings (SSSR count). The number of esters is 3. The summed E-state index contributed by atoms with van der Waals surface area (Å²) in [6.07, 6.45) is 0. The third-order valence-electron chi connectivity index (χ3n) is 6.04. The van der Waals surface area contributed by atoms with Crippen LogP contribution in [0.5, 0.6) is 17.2 Å². The third kappa shape index (κ3) is 8.06. The first-order chi connectivity index (χ1) is 22.5. The van der Waals surface area contributed by atoms with Gasteiger partial charge in [0, 0.05) is 13.4 Å². The molecule has 0 heterocycles. The molecule has 0 unspecified atom stereocenters. The van der Waals surface area contributed by atoms with E-state index in [1.54, 1.807) is 0 Å². The summed E-state index contributed by atoms with van der Waals surface area (Å²) in [5.41, 5.74) is -2.69. The van der Waals surface area contributed by atoms with E-state index in [1.165, 1.54) is 36.4 Å². The second-order valence-electron chi connectivity index (χ2n) is 9.08. The first-order valence-corrected chi connectivity index (χ1v) is 17.2. The lowest BCUT2D eigenvalue weighted by molar-refractivity contribution is 0.0662. The van der Waals surface area contributed by atoms with Crippen LogP contribution in [-0.4, -0.2) is 51.1 Å². The number of carbonyl (C=O) groups excluding carboxylic acids is 3. The molecule has 0 bridgehead atoms. The summed E-state index contributed by atoms with van der Waals surface area (Å²) in [6, 6.07) is 11.3. The molecule has 246 valence electrons. The van der Waals surface area contributed by atoms with Gasteiger partial charge in [-0.05, 0) is 150 Å². The minimum absolute atomic E-state index is 0.0743. The lowest BCUT2D eigenvalue weighted by Gasteiger charge is -2.15. The highest BCUT2D eigenvalue weighted by Gasteiger charge is 2.28. The Morgan fingerprint density at radius 3 is 0.812 bits per heavy atom. The van der Waals surface area contributed by atoms with Crippen LogP contribution in [0.4, 0.5) is 0 Å².